The van der Waals surface area contributed by atoms with E-state index in [9.17, 15) is 4.79 Å². The Hall–Kier alpha value is -2.17. The van der Waals surface area contributed by atoms with E-state index in [2.05, 4.69) is 20.3 Å². The summed E-state index contributed by atoms with van der Waals surface area (Å²) in [6, 6.07) is 5.36. The smallest absolute Gasteiger partial charge is 0.252 e. The Kier molecular flexibility index (Phi) is 3.72. The van der Waals surface area contributed by atoms with Gasteiger partial charge in [0.25, 0.3) is 5.56 Å². The van der Waals surface area contributed by atoms with Crippen molar-refractivity contribution >= 4 is 5.95 Å². The topological polar surface area (TPSA) is 70.7 Å². The molecule has 0 aliphatic heterocycles. The van der Waals surface area contributed by atoms with Gasteiger partial charge in [-0.25, -0.2) is 4.98 Å². The van der Waals surface area contributed by atoms with Crippen LogP contribution in [-0.4, -0.2) is 15.0 Å². The van der Waals surface area contributed by atoms with Crippen LogP contribution in [0.1, 0.15) is 31.0 Å². The number of pyridine rings is 1. The minimum Gasteiger partial charge on any atom is -0.352 e. The Morgan fingerprint density at radius 1 is 1.44 bits per heavy atom. The molecule has 0 spiro atoms. The molecular weight excluding hydrogens is 228 g/mol. The van der Waals surface area contributed by atoms with Crippen molar-refractivity contribution in [1.29, 1.82) is 0 Å². The van der Waals surface area contributed by atoms with Crippen molar-refractivity contribution < 1.29 is 0 Å². The summed E-state index contributed by atoms with van der Waals surface area (Å²) in [6.45, 7) is 4.59. The number of hydrogen-bond acceptors (Lipinski definition) is 4. The molecule has 0 aliphatic carbocycles. The van der Waals surface area contributed by atoms with Gasteiger partial charge >= 0.3 is 0 Å². The van der Waals surface area contributed by atoms with Gasteiger partial charge < -0.3 is 5.32 Å². The highest BCUT2D eigenvalue weighted by Gasteiger charge is 2.04. The molecule has 2 aromatic rings. The van der Waals surface area contributed by atoms with Crippen LogP contribution in [0.25, 0.3) is 0 Å². The third-order valence-corrected chi connectivity index (χ3v) is 2.54. The molecule has 0 atom stereocenters. The quantitative estimate of drug-likeness (QED) is 0.861. The van der Waals surface area contributed by atoms with Gasteiger partial charge in [0.2, 0.25) is 5.95 Å². The SMILES string of the molecule is CC(C)c1cc(=O)[nH]c(NCc2cccnc2)n1. The van der Waals surface area contributed by atoms with Gasteiger partial charge in [-0.05, 0) is 17.5 Å². The molecule has 5 heteroatoms. The van der Waals surface area contributed by atoms with E-state index in [-0.39, 0.29) is 11.5 Å². The van der Waals surface area contributed by atoms with E-state index in [0.717, 1.165) is 11.3 Å². The third-order valence-electron chi connectivity index (χ3n) is 2.54. The van der Waals surface area contributed by atoms with Crippen molar-refractivity contribution in [3.8, 4) is 0 Å². The zero-order valence-electron chi connectivity index (χ0n) is 10.5. The first-order valence-corrected chi connectivity index (χ1v) is 5.89. The van der Waals surface area contributed by atoms with Crippen LogP contribution in [0.5, 0.6) is 0 Å². The molecule has 0 fully saturated rings. The molecule has 0 aromatic carbocycles. The molecule has 0 unspecified atom stereocenters. The van der Waals surface area contributed by atoms with Crippen LogP contribution in [0.2, 0.25) is 0 Å². The fourth-order valence-corrected chi connectivity index (χ4v) is 1.54. The predicted molar refractivity (Wildman–Crippen MR) is 70.5 cm³/mol. The first kappa shape index (κ1) is 12.3. The van der Waals surface area contributed by atoms with Crippen LogP contribution >= 0.6 is 0 Å². The second-order valence-corrected chi connectivity index (χ2v) is 4.39. The first-order chi connectivity index (χ1) is 8.65. The molecule has 2 N–H and O–H groups in total. The van der Waals surface area contributed by atoms with Crippen LogP contribution < -0.4 is 10.9 Å². The zero-order valence-corrected chi connectivity index (χ0v) is 10.5. The third kappa shape index (κ3) is 3.16. The predicted octanol–water partition coefficient (Wildman–Crippen LogP) is 1.90. The molecule has 2 heterocycles. The molecule has 0 radical (unpaired) electrons. The Morgan fingerprint density at radius 2 is 2.28 bits per heavy atom. The van der Waals surface area contributed by atoms with Crippen molar-refractivity contribution in [2.24, 2.45) is 0 Å². The molecule has 2 aromatic heterocycles. The number of aromatic nitrogens is 3. The van der Waals surface area contributed by atoms with Gasteiger partial charge in [-0.1, -0.05) is 19.9 Å². The van der Waals surface area contributed by atoms with Crippen molar-refractivity contribution in [3.05, 3.63) is 52.2 Å². The lowest BCUT2D eigenvalue weighted by Gasteiger charge is -2.08. The highest BCUT2D eigenvalue weighted by molar-refractivity contribution is 5.28. The molecular formula is C13H16N4O. The minimum atomic E-state index is -0.137. The second kappa shape index (κ2) is 5.44. The second-order valence-electron chi connectivity index (χ2n) is 4.39. The van der Waals surface area contributed by atoms with Gasteiger partial charge in [0.05, 0.1) is 5.69 Å². The van der Waals surface area contributed by atoms with Crippen molar-refractivity contribution in [1.82, 2.24) is 15.0 Å². The Morgan fingerprint density at radius 3 is 2.94 bits per heavy atom. The largest absolute Gasteiger partial charge is 0.352 e. The average Bonchev–Trinajstić information content (AvgIpc) is 2.37. The maximum absolute atomic E-state index is 11.5. The highest BCUT2D eigenvalue weighted by atomic mass is 16.1. The number of aromatic amines is 1. The van der Waals surface area contributed by atoms with Crippen LogP contribution in [0, 0.1) is 0 Å². The van der Waals surface area contributed by atoms with Gasteiger partial charge in [-0.15, -0.1) is 0 Å². The van der Waals surface area contributed by atoms with Gasteiger partial charge in [-0.2, -0.15) is 0 Å². The molecule has 2 rings (SSSR count). The van der Waals surface area contributed by atoms with Crippen molar-refractivity contribution in [2.75, 3.05) is 5.32 Å². The monoisotopic (exact) mass is 244 g/mol. The summed E-state index contributed by atoms with van der Waals surface area (Å²) >= 11 is 0. The summed E-state index contributed by atoms with van der Waals surface area (Å²) in [4.78, 5) is 22.5. The lowest BCUT2D eigenvalue weighted by atomic mass is 10.1. The summed E-state index contributed by atoms with van der Waals surface area (Å²) in [5, 5.41) is 3.09. The van der Waals surface area contributed by atoms with E-state index < -0.39 is 0 Å². The summed E-state index contributed by atoms with van der Waals surface area (Å²) < 4.78 is 0. The molecule has 0 saturated heterocycles. The Balaban J connectivity index is 2.12. The maximum Gasteiger partial charge on any atom is 0.252 e. The first-order valence-electron chi connectivity index (χ1n) is 5.89. The summed E-state index contributed by atoms with van der Waals surface area (Å²) in [5.74, 6) is 0.723. The fraction of sp³-hybridized carbons (Fsp3) is 0.308. The lowest BCUT2D eigenvalue weighted by molar-refractivity contribution is 0.808. The van der Waals surface area contributed by atoms with Gasteiger partial charge in [-0.3, -0.25) is 14.8 Å². The number of nitrogens with one attached hydrogen (secondary N) is 2. The van der Waals surface area contributed by atoms with E-state index in [0.29, 0.717) is 12.5 Å². The van der Waals surface area contributed by atoms with E-state index in [4.69, 9.17) is 0 Å². The fourth-order valence-electron chi connectivity index (χ4n) is 1.54. The Bertz CT molecular complexity index is 563. The number of anilines is 1. The number of H-pyrrole nitrogens is 1. The summed E-state index contributed by atoms with van der Waals surface area (Å²) in [7, 11) is 0. The normalized spacial score (nSPS) is 10.6. The lowest BCUT2D eigenvalue weighted by Crippen LogP contribution is -2.14. The highest BCUT2D eigenvalue weighted by Crippen LogP contribution is 2.10. The zero-order chi connectivity index (χ0) is 13.0. The molecule has 5 nitrogen and oxygen atoms in total. The maximum atomic E-state index is 11.5. The molecule has 18 heavy (non-hydrogen) atoms. The summed E-state index contributed by atoms with van der Waals surface area (Å²) in [6.07, 6.45) is 3.50. The van der Waals surface area contributed by atoms with Gasteiger partial charge in [0.1, 0.15) is 0 Å². The van der Waals surface area contributed by atoms with Crippen LogP contribution in [-0.2, 0) is 6.54 Å². The van der Waals surface area contributed by atoms with Crippen LogP contribution in [0.3, 0.4) is 0 Å². The standard InChI is InChI=1S/C13H16N4O/c1-9(2)11-6-12(18)17-13(16-11)15-8-10-4-3-5-14-7-10/h3-7,9H,8H2,1-2H3,(H2,15,16,17,18). The summed E-state index contributed by atoms with van der Waals surface area (Å²) in [5.41, 5.74) is 1.69. The van der Waals surface area contributed by atoms with Crippen molar-refractivity contribution in [3.63, 3.8) is 0 Å². The molecule has 0 aliphatic rings. The van der Waals surface area contributed by atoms with E-state index in [1.54, 1.807) is 12.4 Å². The average molecular weight is 244 g/mol. The molecule has 0 saturated carbocycles. The number of nitrogens with zero attached hydrogens (tertiary/aromatic N) is 2. The number of rotatable bonds is 4. The van der Waals surface area contributed by atoms with Gasteiger partial charge in [0.15, 0.2) is 0 Å². The van der Waals surface area contributed by atoms with Crippen molar-refractivity contribution in [2.45, 2.75) is 26.3 Å². The number of hydrogen-bond donors (Lipinski definition) is 2. The van der Waals surface area contributed by atoms with E-state index >= 15 is 0 Å². The van der Waals surface area contributed by atoms with Gasteiger partial charge in [0, 0.05) is 25.0 Å². The molecule has 0 amide bonds. The van der Waals surface area contributed by atoms with Crippen LogP contribution in [0.15, 0.2) is 35.4 Å². The minimum absolute atomic E-state index is 0.137. The molecule has 0 bridgehead atoms. The Labute approximate surface area is 105 Å². The van der Waals surface area contributed by atoms with E-state index in [1.807, 2.05) is 26.0 Å². The molecule has 94 valence electrons. The van der Waals surface area contributed by atoms with Crippen LogP contribution in [0.4, 0.5) is 5.95 Å². The van der Waals surface area contributed by atoms with E-state index in [1.165, 1.54) is 6.07 Å².